The molecule has 0 saturated carbocycles. The molecule has 3 rings (SSSR count). The van der Waals surface area contributed by atoms with Gasteiger partial charge in [-0.15, -0.1) is 0 Å². The number of fused-ring (bicyclic) bond motifs is 1. The standard InChI is InChI=1S/C15H14O4/c16-12-6-3-5-11(14(12)17)15(18)9-8-10-4-1-2-7-13(10)19-15/h1-7,16-18H,8-9H2. The highest BCUT2D eigenvalue weighted by Crippen LogP contribution is 2.43. The van der Waals surface area contributed by atoms with Crippen molar-refractivity contribution in [2.75, 3.05) is 0 Å². The summed E-state index contributed by atoms with van der Waals surface area (Å²) in [7, 11) is 0. The molecule has 4 nitrogen and oxygen atoms in total. The molecule has 0 fully saturated rings. The third-order valence-electron chi connectivity index (χ3n) is 3.42. The van der Waals surface area contributed by atoms with Crippen LogP contribution in [0.4, 0.5) is 0 Å². The lowest BCUT2D eigenvalue weighted by molar-refractivity contribution is -0.159. The Hall–Kier alpha value is -2.20. The van der Waals surface area contributed by atoms with Crippen LogP contribution in [0.15, 0.2) is 42.5 Å². The van der Waals surface area contributed by atoms with Crippen LogP contribution in [0.3, 0.4) is 0 Å². The summed E-state index contributed by atoms with van der Waals surface area (Å²) in [5, 5.41) is 30.0. The molecule has 0 aliphatic carbocycles. The lowest BCUT2D eigenvalue weighted by atomic mass is 9.93. The van der Waals surface area contributed by atoms with Crippen molar-refractivity contribution in [3.63, 3.8) is 0 Å². The van der Waals surface area contributed by atoms with Gasteiger partial charge in [-0.1, -0.05) is 24.3 Å². The molecule has 19 heavy (non-hydrogen) atoms. The maximum atomic E-state index is 10.6. The summed E-state index contributed by atoms with van der Waals surface area (Å²) >= 11 is 0. The van der Waals surface area contributed by atoms with Crippen LogP contribution in [0.1, 0.15) is 17.5 Å². The number of aromatic hydroxyl groups is 2. The van der Waals surface area contributed by atoms with Crippen LogP contribution in [0.5, 0.6) is 17.2 Å². The molecule has 2 aromatic rings. The van der Waals surface area contributed by atoms with Gasteiger partial charge in [-0.05, 0) is 30.2 Å². The van der Waals surface area contributed by atoms with Crippen LogP contribution in [-0.4, -0.2) is 15.3 Å². The Balaban J connectivity index is 2.04. The molecule has 2 aromatic carbocycles. The van der Waals surface area contributed by atoms with E-state index in [0.29, 0.717) is 18.6 Å². The van der Waals surface area contributed by atoms with Crippen molar-refractivity contribution in [1.29, 1.82) is 0 Å². The van der Waals surface area contributed by atoms with Gasteiger partial charge in [0, 0.05) is 6.42 Å². The minimum absolute atomic E-state index is 0.182. The van der Waals surface area contributed by atoms with Crippen molar-refractivity contribution in [3.05, 3.63) is 53.6 Å². The lowest BCUT2D eigenvalue weighted by Crippen LogP contribution is -2.36. The summed E-state index contributed by atoms with van der Waals surface area (Å²) in [6, 6.07) is 11.9. The zero-order valence-corrected chi connectivity index (χ0v) is 10.2. The fourth-order valence-electron chi connectivity index (χ4n) is 2.38. The smallest absolute Gasteiger partial charge is 0.238 e. The van der Waals surface area contributed by atoms with Crippen LogP contribution in [0.2, 0.25) is 0 Å². The molecule has 0 spiro atoms. The van der Waals surface area contributed by atoms with E-state index in [-0.39, 0.29) is 17.1 Å². The van der Waals surface area contributed by atoms with E-state index in [2.05, 4.69) is 0 Å². The predicted octanol–water partition coefficient (Wildman–Crippen LogP) is 2.27. The summed E-state index contributed by atoms with van der Waals surface area (Å²) in [6.07, 6.45) is 0.961. The number of phenols is 2. The molecule has 0 bridgehead atoms. The van der Waals surface area contributed by atoms with E-state index in [0.717, 1.165) is 5.56 Å². The SMILES string of the molecule is Oc1cccc(C2(O)CCc3ccccc3O2)c1O. The highest BCUT2D eigenvalue weighted by molar-refractivity contribution is 5.48. The number of para-hydroxylation sites is 2. The van der Waals surface area contributed by atoms with Gasteiger partial charge in [-0.2, -0.15) is 0 Å². The van der Waals surface area contributed by atoms with Gasteiger partial charge in [-0.25, -0.2) is 0 Å². The van der Waals surface area contributed by atoms with Crippen LogP contribution in [0, 0.1) is 0 Å². The van der Waals surface area contributed by atoms with E-state index in [1.54, 1.807) is 18.2 Å². The average Bonchev–Trinajstić information content (AvgIpc) is 2.41. The second kappa shape index (κ2) is 4.17. The first-order valence-electron chi connectivity index (χ1n) is 6.11. The van der Waals surface area contributed by atoms with Gasteiger partial charge in [0.2, 0.25) is 5.79 Å². The number of hydrogen-bond donors (Lipinski definition) is 3. The molecule has 1 heterocycles. The van der Waals surface area contributed by atoms with E-state index in [9.17, 15) is 15.3 Å². The second-order valence-corrected chi connectivity index (χ2v) is 4.67. The van der Waals surface area contributed by atoms with Crippen molar-refractivity contribution in [2.45, 2.75) is 18.6 Å². The summed E-state index contributed by atoms with van der Waals surface area (Å²) in [4.78, 5) is 0. The summed E-state index contributed by atoms with van der Waals surface area (Å²) < 4.78 is 5.63. The molecule has 1 aliphatic heterocycles. The van der Waals surface area contributed by atoms with Crippen LogP contribution in [0.25, 0.3) is 0 Å². The quantitative estimate of drug-likeness (QED) is 0.686. The Morgan fingerprint density at radius 1 is 1.00 bits per heavy atom. The first-order chi connectivity index (χ1) is 9.10. The highest BCUT2D eigenvalue weighted by atomic mass is 16.6. The molecule has 4 heteroatoms. The second-order valence-electron chi connectivity index (χ2n) is 4.67. The lowest BCUT2D eigenvalue weighted by Gasteiger charge is -2.34. The molecular formula is C15H14O4. The highest BCUT2D eigenvalue weighted by Gasteiger charge is 2.38. The molecular weight excluding hydrogens is 244 g/mol. The molecule has 0 aromatic heterocycles. The molecule has 0 amide bonds. The van der Waals surface area contributed by atoms with E-state index in [4.69, 9.17) is 4.74 Å². The molecule has 3 N–H and O–H groups in total. The van der Waals surface area contributed by atoms with Gasteiger partial charge < -0.3 is 20.1 Å². The van der Waals surface area contributed by atoms with Crippen molar-refractivity contribution in [3.8, 4) is 17.2 Å². The Kier molecular flexibility index (Phi) is 2.61. The number of hydrogen-bond acceptors (Lipinski definition) is 4. The first-order valence-corrected chi connectivity index (χ1v) is 6.11. The normalized spacial score (nSPS) is 21.5. The molecule has 1 atom stereocenters. The fraction of sp³-hybridized carbons (Fsp3) is 0.200. The number of phenolic OH excluding ortho intramolecular Hbond substituents is 2. The van der Waals surface area contributed by atoms with Gasteiger partial charge >= 0.3 is 0 Å². The zero-order valence-electron chi connectivity index (χ0n) is 10.2. The predicted molar refractivity (Wildman–Crippen MR) is 69.1 cm³/mol. The van der Waals surface area contributed by atoms with Crippen molar-refractivity contribution in [2.24, 2.45) is 0 Å². The van der Waals surface area contributed by atoms with E-state index >= 15 is 0 Å². The number of aryl methyl sites for hydroxylation is 1. The van der Waals surface area contributed by atoms with Gasteiger partial charge in [0.05, 0.1) is 5.56 Å². The third-order valence-corrected chi connectivity index (χ3v) is 3.42. The summed E-state index contributed by atoms with van der Waals surface area (Å²) in [5.74, 6) is -1.63. The first kappa shape index (κ1) is 11.9. The Labute approximate surface area is 110 Å². The van der Waals surface area contributed by atoms with Gasteiger partial charge in [0.15, 0.2) is 11.5 Å². The maximum absolute atomic E-state index is 10.6. The topological polar surface area (TPSA) is 69.9 Å². The van der Waals surface area contributed by atoms with Gasteiger partial charge in [-0.3, -0.25) is 0 Å². The molecule has 1 aliphatic rings. The van der Waals surface area contributed by atoms with E-state index in [1.807, 2.05) is 18.2 Å². The van der Waals surface area contributed by atoms with E-state index in [1.165, 1.54) is 6.07 Å². The zero-order chi connectivity index (χ0) is 13.5. The largest absolute Gasteiger partial charge is 0.504 e. The van der Waals surface area contributed by atoms with Crippen molar-refractivity contribution >= 4 is 0 Å². The summed E-state index contributed by atoms with van der Waals surface area (Å²) in [6.45, 7) is 0. The van der Waals surface area contributed by atoms with Gasteiger partial charge in [0.1, 0.15) is 5.75 Å². The molecule has 98 valence electrons. The Bertz CT molecular complexity index is 623. The number of aliphatic hydroxyl groups is 1. The monoisotopic (exact) mass is 258 g/mol. The third kappa shape index (κ3) is 1.90. The molecule has 1 unspecified atom stereocenters. The maximum Gasteiger partial charge on any atom is 0.238 e. The fourth-order valence-corrected chi connectivity index (χ4v) is 2.38. The van der Waals surface area contributed by atoms with Crippen LogP contribution < -0.4 is 4.74 Å². The molecule has 0 saturated heterocycles. The number of benzene rings is 2. The minimum atomic E-state index is -1.61. The molecule has 0 radical (unpaired) electrons. The number of ether oxygens (including phenoxy) is 1. The van der Waals surface area contributed by atoms with Crippen molar-refractivity contribution in [1.82, 2.24) is 0 Å². The Morgan fingerprint density at radius 2 is 1.79 bits per heavy atom. The number of rotatable bonds is 1. The van der Waals surface area contributed by atoms with E-state index < -0.39 is 5.79 Å². The van der Waals surface area contributed by atoms with Crippen LogP contribution >= 0.6 is 0 Å². The van der Waals surface area contributed by atoms with Gasteiger partial charge in [0.25, 0.3) is 0 Å². The summed E-state index contributed by atoms with van der Waals surface area (Å²) in [5.41, 5.74) is 1.20. The Morgan fingerprint density at radius 3 is 2.63 bits per heavy atom. The van der Waals surface area contributed by atoms with Crippen LogP contribution in [-0.2, 0) is 12.2 Å². The average molecular weight is 258 g/mol. The minimum Gasteiger partial charge on any atom is -0.504 e. The van der Waals surface area contributed by atoms with Crippen molar-refractivity contribution < 1.29 is 20.1 Å².